The average molecular weight is 219 g/mol. The Bertz CT molecular complexity index is 315. The number of hydrogen-bond donors (Lipinski definition) is 0. The molecular formula is C14H21NO. The van der Waals surface area contributed by atoms with Crippen molar-refractivity contribution >= 4 is 5.78 Å². The van der Waals surface area contributed by atoms with Gasteiger partial charge in [0.1, 0.15) is 5.78 Å². The smallest absolute Gasteiger partial charge is 0.132 e. The highest BCUT2D eigenvalue weighted by Gasteiger charge is 2.39. The Kier molecular flexibility index (Phi) is 4.29. The van der Waals surface area contributed by atoms with Gasteiger partial charge in [0.15, 0.2) is 0 Å². The first-order valence-corrected chi connectivity index (χ1v) is 6.02. The van der Waals surface area contributed by atoms with Gasteiger partial charge in [0.2, 0.25) is 0 Å². The summed E-state index contributed by atoms with van der Waals surface area (Å²) < 4.78 is 0. The first kappa shape index (κ1) is 13.0. The van der Waals surface area contributed by atoms with Crippen molar-refractivity contribution in [1.82, 2.24) is 0 Å². The van der Waals surface area contributed by atoms with Crippen LogP contribution >= 0.6 is 0 Å². The molecule has 0 saturated heterocycles. The maximum absolute atomic E-state index is 11.4. The summed E-state index contributed by atoms with van der Waals surface area (Å²) in [6.45, 7) is 7.70. The number of Topliss-reactive ketones (excluding diaryl/α,β-unsaturated/α-hetero) is 1. The van der Waals surface area contributed by atoms with Gasteiger partial charge in [-0.2, -0.15) is 5.26 Å². The SMILES string of the molecule is C=CC[C@]1(C)CC[C@@H](C(C)=O)C[C@H]1CC#N. The molecule has 1 fully saturated rings. The van der Waals surface area contributed by atoms with Crippen LogP contribution in [0.2, 0.25) is 0 Å². The summed E-state index contributed by atoms with van der Waals surface area (Å²) in [5.41, 5.74) is 0.170. The lowest BCUT2D eigenvalue weighted by molar-refractivity contribution is -0.123. The predicted molar refractivity (Wildman–Crippen MR) is 64.7 cm³/mol. The van der Waals surface area contributed by atoms with Crippen LogP contribution in [0.15, 0.2) is 12.7 Å². The first-order chi connectivity index (χ1) is 7.53. The first-order valence-electron chi connectivity index (χ1n) is 6.02. The van der Waals surface area contributed by atoms with Crippen LogP contribution in [0.3, 0.4) is 0 Å². The molecule has 1 aliphatic carbocycles. The van der Waals surface area contributed by atoms with Crippen molar-refractivity contribution < 1.29 is 4.79 Å². The van der Waals surface area contributed by atoms with Gasteiger partial charge in [-0.15, -0.1) is 6.58 Å². The molecule has 0 radical (unpaired) electrons. The molecule has 0 bridgehead atoms. The molecule has 0 spiro atoms. The number of carbonyl (C=O) groups is 1. The minimum Gasteiger partial charge on any atom is -0.300 e. The number of rotatable bonds is 4. The molecule has 2 heteroatoms. The van der Waals surface area contributed by atoms with Crippen molar-refractivity contribution in [2.45, 2.75) is 46.0 Å². The largest absolute Gasteiger partial charge is 0.300 e. The van der Waals surface area contributed by atoms with Gasteiger partial charge in [0.25, 0.3) is 0 Å². The van der Waals surface area contributed by atoms with E-state index in [4.69, 9.17) is 5.26 Å². The van der Waals surface area contributed by atoms with E-state index in [1.807, 2.05) is 6.08 Å². The minimum atomic E-state index is 0.170. The third-order valence-corrected chi connectivity index (χ3v) is 4.14. The Morgan fingerprint density at radius 2 is 2.38 bits per heavy atom. The van der Waals surface area contributed by atoms with Gasteiger partial charge in [-0.25, -0.2) is 0 Å². The topological polar surface area (TPSA) is 40.9 Å². The van der Waals surface area contributed by atoms with E-state index in [-0.39, 0.29) is 17.1 Å². The maximum atomic E-state index is 11.4. The summed E-state index contributed by atoms with van der Waals surface area (Å²) in [5.74, 6) is 0.804. The Morgan fingerprint density at radius 3 is 2.88 bits per heavy atom. The van der Waals surface area contributed by atoms with E-state index in [1.165, 1.54) is 0 Å². The van der Waals surface area contributed by atoms with Gasteiger partial charge in [0.05, 0.1) is 6.07 Å². The Labute approximate surface area is 98.3 Å². The van der Waals surface area contributed by atoms with Crippen LogP contribution < -0.4 is 0 Å². The lowest BCUT2D eigenvalue weighted by atomic mass is 9.61. The fourth-order valence-corrected chi connectivity index (χ4v) is 2.86. The minimum absolute atomic E-state index is 0.170. The Hall–Kier alpha value is -1.10. The highest BCUT2D eigenvalue weighted by molar-refractivity contribution is 5.78. The zero-order chi connectivity index (χ0) is 12.2. The molecular weight excluding hydrogens is 198 g/mol. The summed E-state index contributed by atoms with van der Waals surface area (Å²) >= 11 is 0. The van der Waals surface area contributed by atoms with E-state index in [1.54, 1.807) is 6.92 Å². The fourth-order valence-electron chi connectivity index (χ4n) is 2.86. The van der Waals surface area contributed by atoms with Gasteiger partial charge in [-0.05, 0) is 43.9 Å². The average Bonchev–Trinajstić information content (AvgIpc) is 2.21. The molecule has 1 saturated carbocycles. The third kappa shape index (κ3) is 2.72. The zero-order valence-electron chi connectivity index (χ0n) is 10.3. The normalized spacial score (nSPS) is 34.1. The van der Waals surface area contributed by atoms with Crippen molar-refractivity contribution in [2.75, 3.05) is 0 Å². The van der Waals surface area contributed by atoms with Crippen molar-refractivity contribution in [3.05, 3.63) is 12.7 Å². The van der Waals surface area contributed by atoms with Crippen LogP contribution in [0.1, 0.15) is 46.0 Å². The van der Waals surface area contributed by atoms with Gasteiger partial charge in [-0.3, -0.25) is 4.79 Å². The highest BCUT2D eigenvalue weighted by Crippen LogP contribution is 2.47. The molecule has 0 aliphatic heterocycles. The van der Waals surface area contributed by atoms with Crippen molar-refractivity contribution in [3.8, 4) is 6.07 Å². The summed E-state index contributed by atoms with van der Waals surface area (Å²) in [4.78, 5) is 11.4. The molecule has 1 aliphatic rings. The van der Waals surface area contributed by atoms with E-state index < -0.39 is 0 Å². The van der Waals surface area contributed by atoms with E-state index >= 15 is 0 Å². The van der Waals surface area contributed by atoms with Crippen molar-refractivity contribution in [1.29, 1.82) is 5.26 Å². The molecule has 0 N–H and O–H groups in total. The second-order valence-electron chi connectivity index (χ2n) is 5.29. The molecule has 0 unspecified atom stereocenters. The van der Waals surface area contributed by atoms with E-state index in [0.29, 0.717) is 12.3 Å². The molecule has 3 atom stereocenters. The van der Waals surface area contributed by atoms with Gasteiger partial charge < -0.3 is 0 Å². The molecule has 0 amide bonds. The monoisotopic (exact) mass is 219 g/mol. The third-order valence-electron chi connectivity index (χ3n) is 4.14. The number of nitriles is 1. The van der Waals surface area contributed by atoms with Crippen LogP contribution in [0, 0.1) is 28.6 Å². The lowest BCUT2D eigenvalue weighted by Gasteiger charge is -2.42. The summed E-state index contributed by atoms with van der Waals surface area (Å²) in [5, 5.41) is 8.88. The molecule has 16 heavy (non-hydrogen) atoms. The van der Waals surface area contributed by atoms with Crippen LogP contribution in [0.5, 0.6) is 0 Å². The van der Waals surface area contributed by atoms with Crippen LogP contribution in [0.4, 0.5) is 0 Å². The molecule has 0 heterocycles. The number of allylic oxidation sites excluding steroid dienone is 1. The maximum Gasteiger partial charge on any atom is 0.132 e. The van der Waals surface area contributed by atoms with Gasteiger partial charge in [0, 0.05) is 12.3 Å². The molecule has 88 valence electrons. The second-order valence-corrected chi connectivity index (χ2v) is 5.29. The molecule has 0 aromatic heterocycles. The summed E-state index contributed by atoms with van der Waals surface area (Å²) in [7, 11) is 0. The molecule has 2 nitrogen and oxygen atoms in total. The van der Waals surface area contributed by atoms with Crippen LogP contribution in [0.25, 0.3) is 0 Å². The summed E-state index contributed by atoms with van der Waals surface area (Å²) in [6, 6.07) is 2.26. The van der Waals surface area contributed by atoms with E-state index in [2.05, 4.69) is 19.6 Å². The molecule has 0 aromatic rings. The van der Waals surface area contributed by atoms with Crippen molar-refractivity contribution in [3.63, 3.8) is 0 Å². The standard InChI is InChI=1S/C14H21NO/c1-4-7-14(3)8-5-12(11(2)16)10-13(14)6-9-15/h4,12-13H,1,5-8,10H2,2-3H3/t12-,13-,14-/m1/s1. The van der Waals surface area contributed by atoms with Gasteiger partial charge in [-0.1, -0.05) is 13.0 Å². The number of ketones is 1. The predicted octanol–water partition coefficient (Wildman–Crippen LogP) is 3.49. The quantitative estimate of drug-likeness (QED) is 0.679. The molecule has 0 aromatic carbocycles. The number of hydrogen-bond acceptors (Lipinski definition) is 2. The highest BCUT2D eigenvalue weighted by atomic mass is 16.1. The van der Waals surface area contributed by atoms with Crippen LogP contribution in [-0.2, 0) is 4.79 Å². The van der Waals surface area contributed by atoms with Gasteiger partial charge >= 0.3 is 0 Å². The lowest BCUT2D eigenvalue weighted by Crippen LogP contribution is -2.35. The van der Waals surface area contributed by atoms with E-state index in [0.717, 1.165) is 25.7 Å². The summed E-state index contributed by atoms with van der Waals surface area (Å²) in [6.07, 6.45) is 6.35. The Balaban J connectivity index is 2.78. The number of nitrogens with zero attached hydrogens (tertiary/aromatic N) is 1. The van der Waals surface area contributed by atoms with Crippen LogP contribution in [-0.4, -0.2) is 5.78 Å². The second kappa shape index (κ2) is 5.30. The number of carbonyl (C=O) groups excluding carboxylic acids is 1. The zero-order valence-corrected chi connectivity index (χ0v) is 10.3. The fraction of sp³-hybridized carbons (Fsp3) is 0.714. The van der Waals surface area contributed by atoms with E-state index in [9.17, 15) is 4.79 Å². The van der Waals surface area contributed by atoms with Crippen molar-refractivity contribution in [2.24, 2.45) is 17.3 Å². The molecule has 1 rings (SSSR count). The Morgan fingerprint density at radius 1 is 1.69 bits per heavy atom.